The molecule has 0 radical (unpaired) electrons. The summed E-state index contributed by atoms with van der Waals surface area (Å²) in [6.07, 6.45) is 1.67. The van der Waals surface area contributed by atoms with Crippen molar-refractivity contribution in [3.63, 3.8) is 0 Å². The van der Waals surface area contributed by atoms with Gasteiger partial charge in [-0.2, -0.15) is 5.10 Å². The van der Waals surface area contributed by atoms with Crippen LogP contribution in [0.2, 0.25) is 5.02 Å². The van der Waals surface area contributed by atoms with Gasteiger partial charge in [0.25, 0.3) is 5.91 Å². The van der Waals surface area contributed by atoms with Crippen molar-refractivity contribution in [1.29, 1.82) is 0 Å². The van der Waals surface area contributed by atoms with Crippen molar-refractivity contribution in [1.82, 2.24) is 15.1 Å². The monoisotopic (exact) mass is 377 g/mol. The fourth-order valence-corrected chi connectivity index (χ4v) is 2.43. The Hall–Kier alpha value is -2.34. The molecule has 0 unspecified atom stereocenters. The van der Waals surface area contributed by atoms with E-state index >= 15 is 0 Å². The molecule has 0 aliphatic rings. The van der Waals surface area contributed by atoms with Crippen LogP contribution in [0.25, 0.3) is 11.3 Å². The maximum absolute atomic E-state index is 12.8. The number of rotatable bonds is 5. The van der Waals surface area contributed by atoms with E-state index in [0.29, 0.717) is 21.8 Å². The first-order chi connectivity index (χ1) is 11.9. The standard InChI is InChI=1S/C19H24ClN3O3/c1-18(2,3)23-10-13(16(24)21-11-19(4,5)17(25)26)15(22-23)12-8-6-7-9-14(12)20/h6-10H,11H2,1-5H3,(H,21,24)(H,25,26). The SMILES string of the molecule is CC(C)(CNC(=O)c1cn(C(C)(C)C)nc1-c1ccccc1Cl)C(=O)O. The Bertz CT molecular complexity index is 835. The van der Waals surface area contributed by atoms with Gasteiger partial charge in [0.15, 0.2) is 0 Å². The lowest BCUT2D eigenvalue weighted by Crippen LogP contribution is -2.39. The molecule has 26 heavy (non-hydrogen) atoms. The largest absolute Gasteiger partial charge is 0.481 e. The maximum atomic E-state index is 12.8. The molecule has 2 N–H and O–H groups in total. The second kappa shape index (κ2) is 7.11. The van der Waals surface area contributed by atoms with Crippen molar-refractivity contribution in [2.45, 2.75) is 40.2 Å². The van der Waals surface area contributed by atoms with E-state index in [1.807, 2.05) is 32.9 Å². The predicted molar refractivity (Wildman–Crippen MR) is 101 cm³/mol. The highest BCUT2D eigenvalue weighted by Crippen LogP contribution is 2.30. The van der Waals surface area contributed by atoms with E-state index in [9.17, 15) is 14.7 Å². The molecule has 1 aromatic carbocycles. The lowest BCUT2D eigenvalue weighted by molar-refractivity contribution is -0.146. The van der Waals surface area contributed by atoms with Gasteiger partial charge in [-0.3, -0.25) is 14.3 Å². The number of halogens is 1. The quantitative estimate of drug-likeness (QED) is 0.830. The normalized spacial score (nSPS) is 12.1. The third-order valence-electron chi connectivity index (χ3n) is 4.04. The summed E-state index contributed by atoms with van der Waals surface area (Å²) in [5, 5.41) is 17.0. The summed E-state index contributed by atoms with van der Waals surface area (Å²) in [6.45, 7) is 9.05. The van der Waals surface area contributed by atoms with Crippen molar-refractivity contribution in [2.75, 3.05) is 6.54 Å². The van der Waals surface area contributed by atoms with Gasteiger partial charge in [-0.25, -0.2) is 0 Å². The number of carbonyl (C=O) groups excluding carboxylic acids is 1. The summed E-state index contributed by atoms with van der Waals surface area (Å²) in [6, 6.07) is 7.17. The van der Waals surface area contributed by atoms with Crippen LogP contribution in [0.15, 0.2) is 30.5 Å². The minimum atomic E-state index is -1.07. The second-order valence-corrected chi connectivity index (χ2v) is 8.27. The number of hydrogen-bond acceptors (Lipinski definition) is 3. The fraction of sp³-hybridized carbons (Fsp3) is 0.421. The third kappa shape index (κ3) is 4.25. The molecule has 0 spiro atoms. The Labute approximate surface area is 158 Å². The molecule has 0 fully saturated rings. The number of aliphatic carboxylic acids is 1. The van der Waals surface area contributed by atoms with Crippen LogP contribution < -0.4 is 5.32 Å². The van der Waals surface area contributed by atoms with Gasteiger partial charge in [-0.05, 0) is 40.7 Å². The zero-order chi connectivity index (χ0) is 19.7. The van der Waals surface area contributed by atoms with Crippen molar-refractivity contribution in [3.8, 4) is 11.3 Å². The number of amides is 1. The van der Waals surface area contributed by atoms with Gasteiger partial charge in [-0.1, -0.05) is 29.8 Å². The van der Waals surface area contributed by atoms with Crippen molar-refractivity contribution >= 4 is 23.5 Å². The predicted octanol–water partition coefficient (Wildman–Crippen LogP) is 3.80. The summed E-state index contributed by atoms with van der Waals surface area (Å²) >= 11 is 6.29. The van der Waals surface area contributed by atoms with Gasteiger partial charge in [-0.15, -0.1) is 0 Å². The number of nitrogens with one attached hydrogen (secondary N) is 1. The first-order valence-corrected chi connectivity index (χ1v) is 8.68. The molecule has 0 atom stereocenters. The first-order valence-electron chi connectivity index (χ1n) is 8.30. The number of nitrogens with zero attached hydrogens (tertiary/aromatic N) is 2. The minimum absolute atomic E-state index is 0.00380. The fourth-order valence-electron chi connectivity index (χ4n) is 2.21. The topological polar surface area (TPSA) is 84.2 Å². The molecular formula is C19H24ClN3O3. The van der Waals surface area contributed by atoms with Crippen LogP contribution in [0.1, 0.15) is 45.0 Å². The van der Waals surface area contributed by atoms with Gasteiger partial charge in [0.2, 0.25) is 0 Å². The third-order valence-corrected chi connectivity index (χ3v) is 4.37. The zero-order valence-electron chi connectivity index (χ0n) is 15.6. The molecule has 0 saturated heterocycles. The molecule has 1 aromatic heterocycles. The van der Waals surface area contributed by atoms with E-state index < -0.39 is 11.4 Å². The average molecular weight is 378 g/mol. The molecule has 6 nitrogen and oxygen atoms in total. The van der Waals surface area contributed by atoms with Crippen molar-refractivity contribution < 1.29 is 14.7 Å². The maximum Gasteiger partial charge on any atom is 0.310 e. The molecule has 0 aliphatic heterocycles. The van der Waals surface area contributed by atoms with E-state index in [-0.39, 0.29) is 18.0 Å². The Morgan fingerprint density at radius 3 is 2.35 bits per heavy atom. The van der Waals surface area contributed by atoms with Crippen molar-refractivity contribution in [2.24, 2.45) is 5.41 Å². The van der Waals surface area contributed by atoms with E-state index in [2.05, 4.69) is 10.4 Å². The molecular weight excluding hydrogens is 354 g/mol. The number of benzene rings is 1. The Balaban J connectivity index is 2.44. The van der Waals surface area contributed by atoms with E-state index in [1.165, 1.54) is 0 Å². The zero-order valence-corrected chi connectivity index (χ0v) is 16.4. The average Bonchev–Trinajstić information content (AvgIpc) is 2.98. The molecule has 0 bridgehead atoms. The Morgan fingerprint density at radius 1 is 1.19 bits per heavy atom. The van der Waals surface area contributed by atoms with Gasteiger partial charge in [0, 0.05) is 18.3 Å². The van der Waals surface area contributed by atoms with Crippen LogP contribution in [0.4, 0.5) is 0 Å². The van der Waals surface area contributed by atoms with E-state index in [4.69, 9.17) is 11.6 Å². The van der Waals surface area contributed by atoms with Crippen LogP contribution >= 0.6 is 11.6 Å². The minimum Gasteiger partial charge on any atom is -0.481 e. The smallest absolute Gasteiger partial charge is 0.310 e. The molecule has 2 rings (SSSR count). The number of hydrogen-bond donors (Lipinski definition) is 2. The summed E-state index contributed by atoms with van der Waals surface area (Å²) in [5.41, 5.74) is 0.0833. The van der Waals surface area contributed by atoms with Crippen LogP contribution in [-0.2, 0) is 10.3 Å². The van der Waals surface area contributed by atoms with E-state index in [1.54, 1.807) is 36.9 Å². The number of carbonyl (C=O) groups is 2. The number of carboxylic acids is 1. The molecule has 7 heteroatoms. The number of aromatic nitrogens is 2. The van der Waals surface area contributed by atoms with Crippen LogP contribution in [0, 0.1) is 5.41 Å². The van der Waals surface area contributed by atoms with E-state index in [0.717, 1.165) is 0 Å². The Morgan fingerprint density at radius 2 is 1.81 bits per heavy atom. The summed E-state index contributed by atoms with van der Waals surface area (Å²) in [7, 11) is 0. The lowest BCUT2D eigenvalue weighted by atomic mass is 9.94. The van der Waals surface area contributed by atoms with Crippen LogP contribution in [-0.4, -0.2) is 33.3 Å². The molecule has 0 saturated carbocycles. The number of carboxylic acid groups (broad SMARTS) is 1. The highest BCUT2D eigenvalue weighted by Gasteiger charge is 2.29. The molecule has 140 valence electrons. The highest BCUT2D eigenvalue weighted by molar-refractivity contribution is 6.33. The van der Waals surface area contributed by atoms with Gasteiger partial charge in [0.1, 0.15) is 5.69 Å². The van der Waals surface area contributed by atoms with Gasteiger partial charge < -0.3 is 10.4 Å². The summed E-state index contributed by atoms with van der Waals surface area (Å²) in [5.74, 6) is -1.36. The first kappa shape index (κ1) is 20.0. The molecule has 1 heterocycles. The Kier molecular flexibility index (Phi) is 5.47. The summed E-state index contributed by atoms with van der Waals surface area (Å²) < 4.78 is 1.71. The van der Waals surface area contributed by atoms with Crippen LogP contribution in [0.5, 0.6) is 0 Å². The highest BCUT2D eigenvalue weighted by atomic mass is 35.5. The van der Waals surface area contributed by atoms with Crippen LogP contribution in [0.3, 0.4) is 0 Å². The molecule has 1 amide bonds. The van der Waals surface area contributed by atoms with Gasteiger partial charge >= 0.3 is 5.97 Å². The summed E-state index contributed by atoms with van der Waals surface area (Å²) in [4.78, 5) is 24.0. The lowest BCUT2D eigenvalue weighted by Gasteiger charge is -2.19. The molecule has 2 aromatic rings. The molecule has 0 aliphatic carbocycles. The van der Waals surface area contributed by atoms with Crippen molar-refractivity contribution in [3.05, 3.63) is 41.0 Å². The van der Waals surface area contributed by atoms with Gasteiger partial charge in [0.05, 0.1) is 21.5 Å². The second-order valence-electron chi connectivity index (χ2n) is 7.86.